The fraction of sp³-hybridized carbons (Fsp3) is 0.227. The fourth-order valence-electron chi connectivity index (χ4n) is 3.53. The first kappa shape index (κ1) is 21.7. The first-order valence-electron chi connectivity index (χ1n) is 9.84. The number of nitrogens with zero attached hydrogens (tertiary/aromatic N) is 3. The predicted molar refractivity (Wildman–Crippen MR) is 121 cm³/mol. The number of aromatic nitrogens is 3. The van der Waals surface area contributed by atoms with Crippen molar-refractivity contribution < 1.29 is 23.1 Å². The Morgan fingerprint density at radius 2 is 1.91 bits per heavy atom. The number of sulfonamides is 1. The summed E-state index contributed by atoms with van der Waals surface area (Å²) in [6, 6.07) is 10.3. The molecule has 0 saturated carbocycles. The molecule has 0 spiro atoms. The van der Waals surface area contributed by atoms with Gasteiger partial charge < -0.3 is 14.8 Å². The van der Waals surface area contributed by atoms with E-state index in [9.17, 15) is 18.3 Å². The van der Waals surface area contributed by atoms with E-state index in [4.69, 9.17) is 4.74 Å². The third-order valence-corrected chi connectivity index (χ3v) is 7.12. The van der Waals surface area contributed by atoms with Crippen LogP contribution in [0.25, 0.3) is 33.5 Å². The number of hydrogen-bond donors (Lipinski definition) is 2. The summed E-state index contributed by atoms with van der Waals surface area (Å²) in [5.74, 6) is -0.861. The molecule has 4 aromatic rings. The van der Waals surface area contributed by atoms with E-state index >= 15 is 0 Å². The lowest BCUT2D eigenvalue weighted by Gasteiger charge is -2.14. The second kappa shape index (κ2) is 7.88. The summed E-state index contributed by atoms with van der Waals surface area (Å²) in [7, 11) is 0.438. The molecule has 10 heteroatoms. The molecule has 0 atom stereocenters. The SMILES string of the molecule is CCc1ccc2nc(-c3nc4c(OC)c(S(=O)(=O)N(C)C)ccc4[nH]3)c(C(=O)O)cc2c1. The molecule has 0 fully saturated rings. The van der Waals surface area contributed by atoms with Gasteiger partial charge in [0.25, 0.3) is 0 Å². The molecule has 2 N–H and O–H groups in total. The van der Waals surface area contributed by atoms with Crippen LogP contribution in [-0.4, -0.2) is 60.0 Å². The number of hydrogen-bond acceptors (Lipinski definition) is 6. The smallest absolute Gasteiger partial charge is 0.338 e. The number of ether oxygens (including phenoxy) is 1. The van der Waals surface area contributed by atoms with Gasteiger partial charge in [-0.25, -0.2) is 27.5 Å². The maximum atomic E-state index is 12.7. The Morgan fingerprint density at radius 1 is 1.16 bits per heavy atom. The van der Waals surface area contributed by atoms with Gasteiger partial charge in [-0.15, -0.1) is 0 Å². The Balaban J connectivity index is 1.97. The minimum absolute atomic E-state index is 0.00934. The highest BCUT2D eigenvalue weighted by Crippen LogP contribution is 2.35. The molecule has 32 heavy (non-hydrogen) atoms. The summed E-state index contributed by atoms with van der Waals surface area (Å²) in [4.78, 5) is 24.0. The highest BCUT2D eigenvalue weighted by molar-refractivity contribution is 7.89. The van der Waals surface area contributed by atoms with Crippen LogP contribution in [0.1, 0.15) is 22.8 Å². The van der Waals surface area contributed by atoms with Crippen molar-refractivity contribution in [3.8, 4) is 17.3 Å². The van der Waals surface area contributed by atoms with Crippen LogP contribution in [0.3, 0.4) is 0 Å². The number of fused-ring (bicyclic) bond motifs is 2. The van der Waals surface area contributed by atoms with Crippen LogP contribution in [0, 0.1) is 0 Å². The van der Waals surface area contributed by atoms with Crippen LogP contribution in [0.5, 0.6) is 5.75 Å². The molecule has 9 nitrogen and oxygen atoms in total. The standard InChI is InChI=1S/C22H22N4O5S/c1-5-12-6-7-15-13(10-12)11-14(22(27)28)18(23-15)21-24-16-8-9-17(32(29,30)26(2)3)20(31-4)19(16)25-21/h6-11H,5H2,1-4H3,(H,24,25)(H,27,28). The predicted octanol–water partition coefficient (Wildman–Crippen LogP) is 3.30. The third kappa shape index (κ3) is 3.47. The van der Waals surface area contributed by atoms with Gasteiger partial charge in [0, 0.05) is 19.5 Å². The topological polar surface area (TPSA) is 125 Å². The number of carboxylic acid groups (broad SMARTS) is 1. The lowest BCUT2D eigenvalue weighted by molar-refractivity contribution is 0.0697. The molecule has 4 rings (SSSR count). The first-order valence-corrected chi connectivity index (χ1v) is 11.3. The molecular weight excluding hydrogens is 432 g/mol. The van der Waals surface area contributed by atoms with Crippen LogP contribution < -0.4 is 4.74 Å². The van der Waals surface area contributed by atoms with Crippen molar-refractivity contribution in [3.05, 3.63) is 47.5 Å². The third-order valence-electron chi connectivity index (χ3n) is 5.28. The Bertz CT molecular complexity index is 1470. The van der Waals surface area contributed by atoms with E-state index < -0.39 is 16.0 Å². The molecule has 0 amide bonds. The number of methoxy groups -OCH3 is 1. The second-order valence-corrected chi connectivity index (χ2v) is 9.56. The van der Waals surface area contributed by atoms with E-state index in [1.807, 2.05) is 25.1 Å². The van der Waals surface area contributed by atoms with Crippen molar-refractivity contribution in [3.63, 3.8) is 0 Å². The van der Waals surface area contributed by atoms with E-state index in [-0.39, 0.29) is 33.2 Å². The van der Waals surface area contributed by atoms with Gasteiger partial charge in [-0.3, -0.25) is 0 Å². The fourth-order valence-corrected chi connectivity index (χ4v) is 4.58. The van der Waals surface area contributed by atoms with E-state index in [0.29, 0.717) is 11.0 Å². The number of carbonyl (C=O) groups is 1. The summed E-state index contributed by atoms with van der Waals surface area (Å²) >= 11 is 0. The van der Waals surface area contributed by atoms with Gasteiger partial charge in [0.15, 0.2) is 11.6 Å². The summed E-state index contributed by atoms with van der Waals surface area (Å²) in [6.07, 6.45) is 0.821. The molecule has 2 aromatic heterocycles. The maximum Gasteiger partial charge on any atom is 0.338 e. The number of aryl methyl sites for hydroxylation is 1. The van der Waals surface area contributed by atoms with Gasteiger partial charge in [0.05, 0.1) is 23.7 Å². The second-order valence-electron chi connectivity index (χ2n) is 7.44. The number of pyridine rings is 1. The van der Waals surface area contributed by atoms with Gasteiger partial charge in [-0.1, -0.05) is 13.0 Å². The first-order chi connectivity index (χ1) is 15.2. The monoisotopic (exact) mass is 454 g/mol. The molecule has 0 aliphatic rings. The number of aromatic amines is 1. The number of aromatic carboxylic acids is 1. The zero-order chi connectivity index (χ0) is 23.2. The van der Waals surface area contributed by atoms with Crippen LogP contribution in [0.2, 0.25) is 0 Å². The zero-order valence-corrected chi connectivity index (χ0v) is 18.8. The molecule has 0 bridgehead atoms. The van der Waals surface area contributed by atoms with Crippen LogP contribution in [0.4, 0.5) is 0 Å². The molecule has 0 radical (unpaired) electrons. The minimum atomic E-state index is -3.78. The average Bonchev–Trinajstić information content (AvgIpc) is 3.21. The van der Waals surface area contributed by atoms with Crippen molar-refractivity contribution in [1.82, 2.24) is 19.3 Å². The average molecular weight is 455 g/mol. The lowest BCUT2D eigenvalue weighted by atomic mass is 10.1. The molecule has 0 aliphatic heterocycles. The Labute approximate surface area is 184 Å². The van der Waals surface area contributed by atoms with E-state index in [2.05, 4.69) is 15.0 Å². The van der Waals surface area contributed by atoms with Gasteiger partial charge >= 0.3 is 5.97 Å². The molecule has 166 valence electrons. The molecule has 2 heterocycles. The van der Waals surface area contributed by atoms with Crippen LogP contribution >= 0.6 is 0 Å². The molecule has 0 saturated heterocycles. The number of nitrogens with one attached hydrogen (secondary N) is 1. The van der Waals surface area contributed by atoms with E-state index in [1.54, 1.807) is 12.1 Å². The van der Waals surface area contributed by atoms with Crippen molar-refractivity contribution >= 4 is 37.9 Å². The van der Waals surface area contributed by atoms with E-state index in [1.165, 1.54) is 27.3 Å². The lowest BCUT2D eigenvalue weighted by Crippen LogP contribution is -2.22. The Morgan fingerprint density at radius 3 is 2.53 bits per heavy atom. The maximum absolute atomic E-state index is 12.7. The normalized spacial score (nSPS) is 12.0. The number of rotatable bonds is 6. The number of benzene rings is 2. The molecule has 2 aromatic carbocycles. The number of H-pyrrole nitrogens is 1. The molecular formula is C22H22N4O5S. The zero-order valence-electron chi connectivity index (χ0n) is 18.0. The molecule has 0 aliphatic carbocycles. The highest BCUT2D eigenvalue weighted by atomic mass is 32.2. The van der Waals surface area contributed by atoms with Gasteiger partial charge in [0.1, 0.15) is 16.1 Å². The van der Waals surface area contributed by atoms with Crippen molar-refractivity contribution in [2.75, 3.05) is 21.2 Å². The van der Waals surface area contributed by atoms with Crippen LogP contribution in [-0.2, 0) is 16.4 Å². The van der Waals surface area contributed by atoms with Crippen molar-refractivity contribution in [1.29, 1.82) is 0 Å². The van der Waals surface area contributed by atoms with Crippen molar-refractivity contribution in [2.24, 2.45) is 0 Å². The van der Waals surface area contributed by atoms with Crippen LogP contribution in [0.15, 0.2) is 41.3 Å². The minimum Gasteiger partial charge on any atom is -0.493 e. The van der Waals surface area contributed by atoms with Crippen molar-refractivity contribution in [2.45, 2.75) is 18.2 Å². The molecule has 0 unspecified atom stereocenters. The number of carboxylic acids is 1. The Kier molecular flexibility index (Phi) is 5.35. The summed E-state index contributed by atoms with van der Waals surface area (Å²) in [5.41, 5.74) is 2.62. The summed E-state index contributed by atoms with van der Waals surface area (Å²) < 4.78 is 31.9. The largest absolute Gasteiger partial charge is 0.493 e. The van der Waals surface area contributed by atoms with Gasteiger partial charge in [-0.05, 0) is 42.3 Å². The highest BCUT2D eigenvalue weighted by Gasteiger charge is 2.26. The van der Waals surface area contributed by atoms with Gasteiger partial charge in [-0.2, -0.15) is 0 Å². The Hall–Kier alpha value is -3.50. The number of imidazole rings is 1. The summed E-state index contributed by atoms with van der Waals surface area (Å²) in [6.45, 7) is 2.02. The van der Waals surface area contributed by atoms with Gasteiger partial charge in [0.2, 0.25) is 10.0 Å². The summed E-state index contributed by atoms with van der Waals surface area (Å²) in [5, 5.41) is 10.5. The quantitative estimate of drug-likeness (QED) is 0.458. The van der Waals surface area contributed by atoms with E-state index in [0.717, 1.165) is 21.7 Å².